The highest BCUT2D eigenvalue weighted by molar-refractivity contribution is 4.89. The van der Waals surface area contributed by atoms with Crippen molar-refractivity contribution in [3.05, 3.63) is 0 Å². The SMILES string of the molecule is CCCCC(CC)CC(NCC)C(C)(CC)OC. The number of nitrogens with one attached hydrogen (secondary N) is 1. The van der Waals surface area contributed by atoms with Crippen LogP contribution < -0.4 is 5.32 Å². The first-order chi connectivity index (χ1) is 8.57. The molecular formula is C16H35NO. The van der Waals surface area contributed by atoms with Gasteiger partial charge in [-0.15, -0.1) is 0 Å². The molecule has 0 fully saturated rings. The van der Waals surface area contributed by atoms with Crippen molar-refractivity contribution in [2.75, 3.05) is 13.7 Å². The molecular weight excluding hydrogens is 222 g/mol. The second kappa shape index (κ2) is 9.80. The zero-order valence-electron chi connectivity index (χ0n) is 13.5. The smallest absolute Gasteiger partial charge is 0.0800 e. The standard InChI is InChI=1S/C16H35NO/c1-7-11-12-14(8-2)13-15(17-10-4)16(5,9-3)18-6/h14-15,17H,7-13H2,1-6H3. The molecule has 0 aromatic carbocycles. The van der Waals surface area contributed by atoms with Gasteiger partial charge in [-0.2, -0.15) is 0 Å². The highest BCUT2D eigenvalue weighted by Gasteiger charge is 2.33. The lowest BCUT2D eigenvalue weighted by molar-refractivity contribution is -0.0351. The van der Waals surface area contributed by atoms with Crippen LogP contribution in [0.2, 0.25) is 0 Å². The van der Waals surface area contributed by atoms with Gasteiger partial charge >= 0.3 is 0 Å². The molecule has 0 aliphatic heterocycles. The summed E-state index contributed by atoms with van der Waals surface area (Å²) in [6, 6.07) is 0.472. The Labute approximate surface area is 115 Å². The fourth-order valence-corrected chi connectivity index (χ4v) is 2.64. The van der Waals surface area contributed by atoms with Crippen molar-refractivity contribution >= 4 is 0 Å². The van der Waals surface area contributed by atoms with Crippen molar-refractivity contribution in [1.82, 2.24) is 5.32 Å². The summed E-state index contributed by atoms with van der Waals surface area (Å²) in [5, 5.41) is 3.64. The molecule has 0 saturated heterocycles. The van der Waals surface area contributed by atoms with Gasteiger partial charge in [0.05, 0.1) is 5.60 Å². The molecule has 0 aliphatic rings. The molecule has 0 heterocycles. The van der Waals surface area contributed by atoms with Crippen molar-refractivity contribution < 1.29 is 4.74 Å². The number of ether oxygens (including phenoxy) is 1. The molecule has 0 bridgehead atoms. The summed E-state index contributed by atoms with van der Waals surface area (Å²) < 4.78 is 5.79. The number of methoxy groups -OCH3 is 1. The van der Waals surface area contributed by atoms with Crippen LogP contribution in [0.25, 0.3) is 0 Å². The van der Waals surface area contributed by atoms with Gasteiger partial charge in [-0.1, -0.05) is 53.4 Å². The van der Waals surface area contributed by atoms with E-state index in [1.165, 1.54) is 32.1 Å². The molecule has 0 radical (unpaired) electrons. The minimum atomic E-state index is -0.0321. The van der Waals surface area contributed by atoms with Gasteiger partial charge in [-0.3, -0.25) is 0 Å². The van der Waals surface area contributed by atoms with E-state index in [9.17, 15) is 0 Å². The maximum atomic E-state index is 5.79. The third-order valence-corrected chi connectivity index (χ3v) is 4.47. The zero-order valence-corrected chi connectivity index (χ0v) is 13.5. The van der Waals surface area contributed by atoms with Crippen molar-refractivity contribution in [1.29, 1.82) is 0 Å². The number of hydrogen-bond acceptors (Lipinski definition) is 2. The fraction of sp³-hybridized carbons (Fsp3) is 1.00. The number of hydrogen-bond donors (Lipinski definition) is 1. The first kappa shape index (κ1) is 17.9. The van der Waals surface area contributed by atoms with Crippen molar-refractivity contribution in [3.63, 3.8) is 0 Å². The van der Waals surface area contributed by atoms with Gasteiger partial charge < -0.3 is 10.1 Å². The van der Waals surface area contributed by atoms with Crippen LogP contribution in [0.3, 0.4) is 0 Å². The fourth-order valence-electron chi connectivity index (χ4n) is 2.64. The van der Waals surface area contributed by atoms with E-state index in [1.807, 2.05) is 7.11 Å². The highest BCUT2D eigenvalue weighted by Crippen LogP contribution is 2.27. The van der Waals surface area contributed by atoms with Gasteiger partial charge in [0.25, 0.3) is 0 Å². The van der Waals surface area contributed by atoms with Crippen LogP contribution in [0.4, 0.5) is 0 Å². The Hall–Kier alpha value is -0.0800. The molecule has 18 heavy (non-hydrogen) atoms. The maximum Gasteiger partial charge on any atom is 0.0800 e. The van der Waals surface area contributed by atoms with E-state index < -0.39 is 0 Å². The van der Waals surface area contributed by atoms with E-state index in [2.05, 4.69) is 39.9 Å². The van der Waals surface area contributed by atoms with E-state index in [1.54, 1.807) is 0 Å². The summed E-state index contributed by atoms with van der Waals surface area (Å²) in [5.41, 5.74) is -0.0321. The van der Waals surface area contributed by atoms with Gasteiger partial charge in [-0.05, 0) is 32.2 Å². The van der Waals surface area contributed by atoms with Gasteiger partial charge in [0.2, 0.25) is 0 Å². The van der Waals surface area contributed by atoms with E-state index in [0.29, 0.717) is 6.04 Å². The summed E-state index contributed by atoms with van der Waals surface area (Å²) in [5.74, 6) is 0.829. The van der Waals surface area contributed by atoms with Gasteiger partial charge in [0, 0.05) is 13.2 Å². The molecule has 0 rings (SSSR count). The van der Waals surface area contributed by atoms with E-state index in [4.69, 9.17) is 4.74 Å². The van der Waals surface area contributed by atoms with Crippen molar-refractivity contribution in [3.8, 4) is 0 Å². The Morgan fingerprint density at radius 3 is 2.22 bits per heavy atom. The van der Waals surface area contributed by atoms with Crippen LogP contribution >= 0.6 is 0 Å². The van der Waals surface area contributed by atoms with Crippen LogP contribution in [0.1, 0.15) is 73.1 Å². The Morgan fingerprint density at radius 1 is 1.17 bits per heavy atom. The van der Waals surface area contributed by atoms with Crippen LogP contribution in [-0.4, -0.2) is 25.3 Å². The highest BCUT2D eigenvalue weighted by atomic mass is 16.5. The molecule has 0 aromatic heterocycles. The first-order valence-corrected chi connectivity index (χ1v) is 7.86. The lowest BCUT2D eigenvalue weighted by Gasteiger charge is -2.38. The maximum absolute atomic E-state index is 5.79. The predicted molar refractivity (Wildman–Crippen MR) is 81.1 cm³/mol. The van der Waals surface area contributed by atoms with Crippen LogP contribution in [0.15, 0.2) is 0 Å². The Morgan fingerprint density at radius 2 is 1.83 bits per heavy atom. The number of likely N-dealkylation sites (N-methyl/N-ethyl adjacent to an activating group) is 1. The first-order valence-electron chi connectivity index (χ1n) is 7.86. The third-order valence-electron chi connectivity index (χ3n) is 4.47. The normalized spacial score (nSPS) is 18.3. The van der Waals surface area contributed by atoms with E-state index >= 15 is 0 Å². The average Bonchev–Trinajstić information content (AvgIpc) is 2.41. The summed E-state index contributed by atoms with van der Waals surface area (Å²) in [6.07, 6.45) is 7.60. The molecule has 0 spiro atoms. The Balaban J connectivity index is 4.57. The molecule has 3 atom stereocenters. The summed E-state index contributed by atoms with van der Waals surface area (Å²) in [7, 11) is 1.85. The number of unbranched alkanes of at least 4 members (excludes halogenated alkanes) is 1. The monoisotopic (exact) mass is 257 g/mol. The lowest BCUT2D eigenvalue weighted by Crippen LogP contribution is -2.50. The Bertz CT molecular complexity index is 190. The quantitative estimate of drug-likeness (QED) is 0.593. The van der Waals surface area contributed by atoms with Crippen molar-refractivity contribution in [2.45, 2.75) is 84.8 Å². The van der Waals surface area contributed by atoms with Crippen LogP contribution in [0, 0.1) is 5.92 Å². The summed E-state index contributed by atoms with van der Waals surface area (Å²) >= 11 is 0. The Kier molecular flexibility index (Phi) is 9.76. The molecule has 2 heteroatoms. The topological polar surface area (TPSA) is 21.3 Å². The average molecular weight is 257 g/mol. The zero-order chi connectivity index (χ0) is 14.0. The molecule has 0 amide bonds. The summed E-state index contributed by atoms with van der Waals surface area (Å²) in [6.45, 7) is 12.3. The van der Waals surface area contributed by atoms with Crippen molar-refractivity contribution in [2.24, 2.45) is 5.92 Å². The second-order valence-electron chi connectivity index (χ2n) is 5.63. The minimum absolute atomic E-state index is 0.0321. The van der Waals surface area contributed by atoms with Crippen LogP contribution in [-0.2, 0) is 4.74 Å². The summed E-state index contributed by atoms with van der Waals surface area (Å²) in [4.78, 5) is 0. The molecule has 3 unspecified atom stereocenters. The van der Waals surface area contributed by atoms with Gasteiger partial charge in [0.15, 0.2) is 0 Å². The minimum Gasteiger partial charge on any atom is -0.377 e. The molecule has 2 nitrogen and oxygen atoms in total. The predicted octanol–water partition coefficient (Wildman–Crippen LogP) is 4.39. The van der Waals surface area contributed by atoms with Gasteiger partial charge in [-0.25, -0.2) is 0 Å². The second-order valence-corrected chi connectivity index (χ2v) is 5.63. The van der Waals surface area contributed by atoms with Gasteiger partial charge in [0.1, 0.15) is 0 Å². The molecule has 1 N–H and O–H groups in total. The molecule has 0 saturated carbocycles. The molecule has 110 valence electrons. The third kappa shape index (κ3) is 5.71. The largest absolute Gasteiger partial charge is 0.377 e. The molecule has 0 aliphatic carbocycles. The van der Waals surface area contributed by atoms with E-state index in [0.717, 1.165) is 18.9 Å². The molecule has 0 aromatic rings. The number of rotatable bonds is 11. The lowest BCUT2D eigenvalue weighted by atomic mass is 9.83. The van der Waals surface area contributed by atoms with E-state index in [-0.39, 0.29) is 5.60 Å². The van der Waals surface area contributed by atoms with Crippen LogP contribution in [0.5, 0.6) is 0 Å².